The van der Waals surface area contributed by atoms with E-state index in [1.807, 2.05) is 0 Å². The molecule has 1 fully saturated rings. The van der Waals surface area contributed by atoms with E-state index in [1.54, 1.807) is 41.0 Å². The van der Waals surface area contributed by atoms with Crippen LogP contribution in [0, 0.1) is 5.41 Å². The lowest BCUT2D eigenvalue weighted by Gasteiger charge is -2.33. The second-order valence-corrected chi connectivity index (χ2v) is 6.19. The van der Waals surface area contributed by atoms with Crippen LogP contribution >= 0.6 is 0 Å². The van der Waals surface area contributed by atoms with Crippen molar-refractivity contribution in [3.05, 3.63) is 29.8 Å². The van der Waals surface area contributed by atoms with Gasteiger partial charge in [0.15, 0.2) is 0 Å². The molecule has 146 valence electrons. The smallest absolute Gasteiger partial charge is 0.320 e. The highest BCUT2D eigenvalue weighted by molar-refractivity contribution is 5.96. The minimum atomic E-state index is -0.339. The third kappa shape index (κ3) is 6.37. The molecule has 27 heavy (non-hydrogen) atoms. The number of amidine groups is 1. The Balaban J connectivity index is 1.74. The Kier molecular flexibility index (Phi) is 7.30. The fourth-order valence-electron chi connectivity index (χ4n) is 2.71. The first-order chi connectivity index (χ1) is 12.9. The zero-order valence-electron chi connectivity index (χ0n) is 15.4. The second kappa shape index (κ2) is 9.67. The lowest BCUT2D eigenvalue weighted by Crippen LogP contribution is -2.52. The van der Waals surface area contributed by atoms with Crippen LogP contribution < -0.4 is 11.1 Å². The lowest BCUT2D eigenvalue weighted by atomic mass is 10.2. The number of nitrogens with two attached hydrogens (primary N) is 1. The highest BCUT2D eigenvalue weighted by Crippen LogP contribution is 2.10. The average molecular weight is 375 g/mol. The molecule has 1 heterocycles. The first kappa shape index (κ1) is 20.4. The molecule has 9 heteroatoms. The Hall–Kier alpha value is -2.94. The number of ether oxygens (including phenoxy) is 1. The summed E-state index contributed by atoms with van der Waals surface area (Å²) in [7, 11) is 0. The van der Waals surface area contributed by atoms with Gasteiger partial charge in [0.25, 0.3) is 0 Å². The normalized spacial score (nSPS) is 14.7. The van der Waals surface area contributed by atoms with E-state index < -0.39 is 0 Å². The van der Waals surface area contributed by atoms with Crippen molar-refractivity contribution in [2.45, 2.75) is 13.3 Å². The third-order valence-corrected chi connectivity index (χ3v) is 4.14. The van der Waals surface area contributed by atoms with Gasteiger partial charge >= 0.3 is 5.97 Å². The molecule has 1 aliphatic heterocycles. The number of piperazine rings is 1. The van der Waals surface area contributed by atoms with Gasteiger partial charge in [-0.2, -0.15) is 0 Å². The summed E-state index contributed by atoms with van der Waals surface area (Å²) in [5.41, 5.74) is 6.58. The molecule has 2 amide bonds. The molecule has 0 spiro atoms. The molecule has 1 aromatic carbocycles. The zero-order valence-corrected chi connectivity index (χ0v) is 15.4. The SMILES string of the molecule is CCOC(=O)CN1CCN(CCC(=O)Nc2ccc(C(=N)N)cc2)C(=O)C1. The van der Waals surface area contributed by atoms with Gasteiger partial charge in [-0.05, 0) is 31.2 Å². The van der Waals surface area contributed by atoms with E-state index in [-0.39, 0.29) is 43.1 Å². The van der Waals surface area contributed by atoms with Gasteiger partial charge < -0.3 is 20.7 Å². The predicted octanol–water partition coefficient (Wildman–Crippen LogP) is 0.00657. The number of carbonyl (C=O) groups is 3. The van der Waals surface area contributed by atoms with Crippen LogP contribution in [0.5, 0.6) is 0 Å². The van der Waals surface area contributed by atoms with Crippen molar-refractivity contribution in [1.29, 1.82) is 5.41 Å². The molecule has 9 nitrogen and oxygen atoms in total. The first-order valence-electron chi connectivity index (χ1n) is 8.79. The summed E-state index contributed by atoms with van der Waals surface area (Å²) in [5.74, 6) is -0.682. The van der Waals surface area contributed by atoms with E-state index >= 15 is 0 Å². The summed E-state index contributed by atoms with van der Waals surface area (Å²) < 4.78 is 4.89. The molecule has 0 bridgehead atoms. The molecule has 1 saturated heterocycles. The predicted molar refractivity (Wildman–Crippen MR) is 100 cm³/mol. The van der Waals surface area contributed by atoms with Crippen LogP contribution in [0.4, 0.5) is 5.69 Å². The molecule has 0 saturated carbocycles. The maximum absolute atomic E-state index is 12.2. The first-order valence-corrected chi connectivity index (χ1v) is 8.79. The molecule has 0 atom stereocenters. The second-order valence-electron chi connectivity index (χ2n) is 6.19. The Morgan fingerprint density at radius 1 is 1.26 bits per heavy atom. The van der Waals surface area contributed by atoms with E-state index in [9.17, 15) is 14.4 Å². The van der Waals surface area contributed by atoms with Gasteiger partial charge in [0, 0.05) is 37.3 Å². The minimum Gasteiger partial charge on any atom is -0.465 e. The van der Waals surface area contributed by atoms with Crippen LogP contribution in [-0.2, 0) is 19.1 Å². The van der Waals surface area contributed by atoms with Gasteiger partial charge in [-0.25, -0.2) is 0 Å². The highest BCUT2D eigenvalue weighted by Gasteiger charge is 2.25. The van der Waals surface area contributed by atoms with Gasteiger partial charge in [0.05, 0.1) is 19.7 Å². The van der Waals surface area contributed by atoms with Gasteiger partial charge in [-0.3, -0.25) is 24.7 Å². The number of carbonyl (C=O) groups excluding carboxylic acids is 3. The van der Waals surface area contributed by atoms with Gasteiger partial charge in [-0.15, -0.1) is 0 Å². The number of nitrogens with one attached hydrogen (secondary N) is 2. The maximum atomic E-state index is 12.2. The Morgan fingerprint density at radius 3 is 2.56 bits per heavy atom. The Bertz CT molecular complexity index is 704. The quantitative estimate of drug-likeness (QED) is 0.333. The van der Waals surface area contributed by atoms with Crippen molar-refractivity contribution in [3.63, 3.8) is 0 Å². The largest absolute Gasteiger partial charge is 0.465 e. The van der Waals surface area contributed by atoms with E-state index in [4.69, 9.17) is 15.9 Å². The number of rotatable bonds is 8. The van der Waals surface area contributed by atoms with Crippen molar-refractivity contribution < 1.29 is 19.1 Å². The van der Waals surface area contributed by atoms with Crippen LogP contribution in [0.25, 0.3) is 0 Å². The number of hydrogen-bond donors (Lipinski definition) is 3. The average Bonchev–Trinajstić information content (AvgIpc) is 2.61. The van der Waals surface area contributed by atoms with Crippen LogP contribution in [0.15, 0.2) is 24.3 Å². The van der Waals surface area contributed by atoms with Crippen LogP contribution in [0.2, 0.25) is 0 Å². The van der Waals surface area contributed by atoms with Crippen molar-refractivity contribution in [2.24, 2.45) is 5.73 Å². The molecule has 4 N–H and O–H groups in total. The molecule has 0 radical (unpaired) electrons. The number of nitrogens with zero attached hydrogens (tertiary/aromatic N) is 2. The molecule has 1 aliphatic rings. The standard InChI is InChI=1S/C18H25N5O4/c1-2-27-17(26)12-22-9-10-23(16(25)11-22)8-7-15(24)21-14-5-3-13(4-6-14)18(19)20/h3-6H,2,7-12H2,1H3,(H3,19,20)(H,21,24). The fourth-order valence-corrected chi connectivity index (χ4v) is 2.71. The summed E-state index contributed by atoms with van der Waals surface area (Å²) in [4.78, 5) is 39.1. The number of benzene rings is 1. The van der Waals surface area contributed by atoms with E-state index in [2.05, 4.69) is 5.32 Å². The van der Waals surface area contributed by atoms with Crippen LogP contribution in [-0.4, -0.2) is 72.7 Å². The summed E-state index contributed by atoms with van der Waals surface area (Å²) in [6.45, 7) is 3.67. The summed E-state index contributed by atoms with van der Waals surface area (Å²) in [6, 6.07) is 6.66. The maximum Gasteiger partial charge on any atom is 0.320 e. The number of anilines is 1. The molecular weight excluding hydrogens is 350 g/mol. The molecule has 2 rings (SSSR count). The Morgan fingerprint density at radius 2 is 1.96 bits per heavy atom. The third-order valence-electron chi connectivity index (χ3n) is 4.14. The monoisotopic (exact) mass is 375 g/mol. The number of nitrogen functional groups attached to an aromatic ring is 1. The minimum absolute atomic E-state index is 0.0338. The lowest BCUT2D eigenvalue weighted by molar-refractivity contribution is -0.146. The van der Waals surface area contributed by atoms with Crippen molar-refractivity contribution in [3.8, 4) is 0 Å². The highest BCUT2D eigenvalue weighted by atomic mass is 16.5. The van der Waals surface area contributed by atoms with E-state index in [1.165, 1.54) is 0 Å². The molecule has 0 aromatic heterocycles. The van der Waals surface area contributed by atoms with Crippen molar-refractivity contribution in [1.82, 2.24) is 9.80 Å². The van der Waals surface area contributed by atoms with Crippen molar-refractivity contribution >= 4 is 29.3 Å². The Labute approximate surface area is 157 Å². The van der Waals surface area contributed by atoms with Crippen LogP contribution in [0.1, 0.15) is 18.9 Å². The van der Waals surface area contributed by atoms with E-state index in [0.29, 0.717) is 37.5 Å². The van der Waals surface area contributed by atoms with E-state index in [0.717, 1.165) is 0 Å². The van der Waals surface area contributed by atoms with Gasteiger partial charge in [0.1, 0.15) is 5.84 Å². The molecular formula is C18H25N5O4. The summed E-state index contributed by atoms with van der Waals surface area (Å²) >= 11 is 0. The van der Waals surface area contributed by atoms with Gasteiger partial charge in [0.2, 0.25) is 11.8 Å². The fraction of sp³-hybridized carbons (Fsp3) is 0.444. The zero-order chi connectivity index (χ0) is 19.8. The number of hydrogen-bond acceptors (Lipinski definition) is 6. The summed E-state index contributed by atoms with van der Waals surface area (Å²) in [6.07, 6.45) is 0.179. The number of esters is 1. The topological polar surface area (TPSA) is 129 Å². The van der Waals surface area contributed by atoms with Crippen LogP contribution in [0.3, 0.4) is 0 Å². The number of amides is 2. The summed E-state index contributed by atoms with van der Waals surface area (Å²) in [5, 5.41) is 10.1. The van der Waals surface area contributed by atoms with Crippen molar-refractivity contribution in [2.75, 3.05) is 44.6 Å². The van der Waals surface area contributed by atoms with Gasteiger partial charge in [-0.1, -0.05) is 0 Å². The molecule has 0 aliphatic carbocycles. The molecule has 0 unspecified atom stereocenters. The molecule has 1 aromatic rings.